The number of benzene rings is 2. The number of carbonyl (C=O) groups is 1. The Kier molecular flexibility index (Phi) is 6.98. The second-order valence-electron chi connectivity index (χ2n) is 10.9. The summed E-state index contributed by atoms with van der Waals surface area (Å²) in [6, 6.07) is 17.6. The van der Waals surface area contributed by atoms with Crippen LogP contribution in [0.2, 0.25) is 0 Å². The fourth-order valence-electron chi connectivity index (χ4n) is 5.83. The summed E-state index contributed by atoms with van der Waals surface area (Å²) in [4.78, 5) is 24.1. The molecule has 1 atom stereocenters. The highest BCUT2D eigenvalue weighted by atomic mass is 32.1. The minimum atomic E-state index is -0.358. The van der Waals surface area contributed by atoms with Crippen LogP contribution in [0.3, 0.4) is 0 Å². The zero-order valence-corrected chi connectivity index (χ0v) is 23.2. The van der Waals surface area contributed by atoms with Gasteiger partial charge in [0, 0.05) is 38.8 Å². The number of hydrogen-bond donors (Lipinski definition) is 1. The van der Waals surface area contributed by atoms with Crippen LogP contribution >= 0.6 is 11.3 Å². The molecule has 1 unspecified atom stereocenters. The highest BCUT2D eigenvalue weighted by Crippen LogP contribution is 2.42. The van der Waals surface area contributed by atoms with Crippen molar-refractivity contribution in [3.05, 3.63) is 75.7 Å². The summed E-state index contributed by atoms with van der Waals surface area (Å²) in [6.45, 7) is 5.01. The highest BCUT2D eigenvalue weighted by molar-refractivity contribution is 7.16. The third kappa shape index (κ3) is 5.10. The zero-order valence-electron chi connectivity index (χ0n) is 22.4. The molecule has 0 radical (unpaired) electrons. The Morgan fingerprint density at radius 2 is 1.95 bits per heavy atom. The van der Waals surface area contributed by atoms with Crippen molar-refractivity contribution in [3.8, 4) is 17.3 Å². The number of thiazole rings is 1. The third-order valence-corrected chi connectivity index (χ3v) is 9.29. The Morgan fingerprint density at radius 3 is 2.64 bits per heavy atom. The molecule has 8 heteroatoms. The van der Waals surface area contributed by atoms with E-state index in [2.05, 4.69) is 66.2 Å². The maximum absolute atomic E-state index is 12.4. The number of likely N-dealkylation sites (tertiary alicyclic amines) is 1. The van der Waals surface area contributed by atoms with Crippen molar-refractivity contribution < 1.29 is 9.90 Å². The lowest BCUT2D eigenvalue weighted by Gasteiger charge is -2.37. The lowest BCUT2D eigenvalue weighted by atomic mass is 9.95. The molecule has 1 saturated heterocycles. The summed E-state index contributed by atoms with van der Waals surface area (Å²) in [7, 11) is 2.09. The van der Waals surface area contributed by atoms with Crippen LogP contribution in [0.4, 0.5) is 5.13 Å². The molecule has 7 nitrogen and oxygen atoms in total. The van der Waals surface area contributed by atoms with Gasteiger partial charge in [-0.3, -0.25) is 9.69 Å². The number of anilines is 1. The SMILES string of the molecule is Cc1ccc(-c2nc(N(C)C3CCc4ccc(C5=CCN(CC(=O)N6CC(O)C6)CC5)cc43)sc2C#N)cc1. The summed E-state index contributed by atoms with van der Waals surface area (Å²) in [5.74, 6) is 0.104. The van der Waals surface area contributed by atoms with Gasteiger partial charge in [0.25, 0.3) is 0 Å². The Labute approximate surface area is 233 Å². The molecule has 1 fully saturated rings. The van der Waals surface area contributed by atoms with E-state index in [4.69, 9.17) is 4.98 Å². The van der Waals surface area contributed by atoms with Crippen LogP contribution in [-0.2, 0) is 11.2 Å². The predicted molar refractivity (Wildman–Crippen MR) is 155 cm³/mol. The van der Waals surface area contributed by atoms with Crippen LogP contribution in [0.25, 0.3) is 16.8 Å². The molecular formula is C31H33N5O2S. The average molecular weight is 540 g/mol. The maximum Gasteiger partial charge on any atom is 0.236 e. The minimum absolute atomic E-state index is 0.104. The number of aryl methyl sites for hydroxylation is 2. The smallest absolute Gasteiger partial charge is 0.236 e. The second kappa shape index (κ2) is 10.6. The average Bonchev–Trinajstić information content (AvgIpc) is 3.56. The van der Waals surface area contributed by atoms with Gasteiger partial charge in [0.05, 0.1) is 18.7 Å². The molecule has 3 aromatic rings. The van der Waals surface area contributed by atoms with E-state index in [1.807, 2.05) is 12.1 Å². The monoisotopic (exact) mass is 539 g/mol. The standard InChI is InChI=1S/C31H33N5O2S/c1-20-3-5-23(6-4-20)30-28(16-32)39-31(33-30)34(2)27-10-9-22-7-8-24(15-26(22)27)21-11-13-35(14-12-21)19-29(38)36-17-25(37)18-36/h3-8,11,15,25,27,37H,9-10,12-14,17-19H2,1-2H3. The van der Waals surface area contributed by atoms with Gasteiger partial charge in [0.15, 0.2) is 5.13 Å². The van der Waals surface area contributed by atoms with Crippen molar-refractivity contribution >= 4 is 27.9 Å². The number of β-amino-alcohol motifs (C(OH)–C–C–N with tert-alkyl or cyclic N) is 1. The first-order valence-electron chi connectivity index (χ1n) is 13.6. The van der Waals surface area contributed by atoms with Crippen molar-refractivity contribution in [2.24, 2.45) is 0 Å². The first-order chi connectivity index (χ1) is 18.9. The molecule has 1 amide bonds. The topological polar surface area (TPSA) is 83.7 Å². The van der Waals surface area contributed by atoms with Gasteiger partial charge < -0.3 is 14.9 Å². The molecule has 1 aliphatic carbocycles. The van der Waals surface area contributed by atoms with Gasteiger partial charge in [-0.25, -0.2) is 4.98 Å². The largest absolute Gasteiger partial charge is 0.389 e. The van der Waals surface area contributed by atoms with E-state index >= 15 is 0 Å². The third-order valence-electron chi connectivity index (χ3n) is 8.24. The minimum Gasteiger partial charge on any atom is -0.389 e. The van der Waals surface area contributed by atoms with E-state index in [9.17, 15) is 15.2 Å². The predicted octanol–water partition coefficient (Wildman–Crippen LogP) is 4.41. The molecule has 200 valence electrons. The van der Waals surface area contributed by atoms with Crippen LogP contribution in [0.15, 0.2) is 48.5 Å². The van der Waals surface area contributed by atoms with Gasteiger partial charge >= 0.3 is 0 Å². The quantitative estimate of drug-likeness (QED) is 0.500. The van der Waals surface area contributed by atoms with Gasteiger partial charge in [-0.15, -0.1) is 0 Å². The van der Waals surface area contributed by atoms with Crippen molar-refractivity contribution in [1.82, 2.24) is 14.8 Å². The number of carbonyl (C=O) groups excluding carboxylic acids is 1. The normalized spacial score (nSPS) is 19.3. The summed E-state index contributed by atoms with van der Waals surface area (Å²) >= 11 is 1.47. The summed E-state index contributed by atoms with van der Waals surface area (Å²) in [5.41, 5.74) is 8.23. The number of nitrogens with zero attached hydrogens (tertiary/aromatic N) is 5. The van der Waals surface area contributed by atoms with Crippen molar-refractivity contribution in [2.75, 3.05) is 44.7 Å². The number of aliphatic hydroxyl groups excluding tert-OH is 1. The van der Waals surface area contributed by atoms with Crippen LogP contribution in [-0.4, -0.2) is 71.7 Å². The fourth-order valence-corrected chi connectivity index (χ4v) is 6.72. The molecule has 0 spiro atoms. The van der Waals surface area contributed by atoms with E-state index in [-0.39, 0.29) is 18.1 Å². The number of amides is 1. The molecule has 1 aromatic heterocycles. The number of aliphatic hydroxyl groups is 1. The van der Waals surface area contributed by atoms with E-state index in [1.54, 1.807) is 4.90 Å². The zero-order chi connectivity index (χ0) is 27.1. The lowest BCUT2D eigenvalue weighted by Crippen LogP contribution is -2.56. The van der Waals surface area contributed by atoms with E-state index in [1.165, 1.54) is 39.2 Å². The molecule has 3 aliphatic rings. The Balaban J connectivity index is 1.18. The number of nitriles is 1. The molecule has 39 heavy (non-hydrogen) atoms. The van der Waals surface area contributed by atoms with Crippen LogP contribution in [0.5, 0.6) is 0 Å². The lowest BCUT2D eigenvalue weighted by molar-refractivity contribution is -0.142. The number of hydrogen-bond acceptors (Lipinski definition) is 7. The fraction of sp³-hybridized carbons (Fsp3) is 0.387. The van der Waals surface area contributed by atoms with Crippen molar-refractivity contribution in [1.29, 1.82) is 5.26 Å². The highest BCUT2D eigenvalue weighted by Gasteiger charge is 2.31. The second-order valence-corrected chi connectivity index (χ2v) is 11.9. The summed E-state index contributed by atoms with van der Waals surface area (Å²) in [5, 5.41) is 20.1. The summed E-state index contributed by atoms with van der Waals surface area (Å²) in [6.07, 6.45) is 4.87. The number of rotatable bonds is 6. The van der Waals surface area contributed by atoms with Gasteiger partial charge in [0.2, 0.25) is 5.91 Å². The Bertz CT molecular complexity index is 1470. The molecule has 2 aliphatic heterocycles. The molecule has 6 rings (SSSR count). The van der Waals surface area contributed by atoms with Crippen LogP contribution in [0.1, 0.15) is 46.0 Å². The van der Waals surface area contributed by atoms with Gasteiger partial charge in [-0.1, -0.05) is 59.4 Å². The van der Waals surface area contributed by atoms with Crippen molar-refractivity contribution in [2.45, 2.75) is 38.3 Å². The van der Waals surface area contributed by atoms with E-state index in [0.717, 1.165) is 48.7 Å². The Morgan fingerprint density at radius 1 is 1.18 bits per heavy atom. The first kappa shape index (κ1) is 25.8. The molecule has 3 heterocycles. The number of aromatic nitrogens is 1. The van der Waals surface area contributed by atoms with Gasteiger partial charge in [-0.05, 0) is 54.5 Å². The molecule has 0 bridgehead atoms. The molecule has 2 aromatic carbocycles. The maximum atomic E-state index is 12.4. The molecule has 1 N–H and O–H groups in total. The van der Waals surface area contributed by atoms with Gasteiger partial charge in [0.1, 0.15) is 16.6 Å². The van der Waals surface area contributed by atoms with Gasteiger partial charge in [-0.2, -0.15) is 5.26 Å². The molecule has 0 saturated carbocycles. The number of fused-ring (bicyclic) bond motifs is 1. The summed E-state index contributed by atoms with van der Waals surface area (Å²) < 4.78 is 0. The van der Waals surface area contributed by atoms with Crippen molar-refractivity contribution in [3.63, 3.8) is 0 Å². The van der Waals surface area contributed by atoms with Crippen LogP contribution < -0.4 is 4.90 Å². The first-order valence-corrected chi connectivity index (χ1v) is 14.4. The Hall–Kier alpha value is -3.51. The van der Waals surface area contributed by atoms with E-state index < -0.39 is 0 Å². The molecular weight excluding hydrogens is 506 g/mol. The van der Waals surface area contributed by atoms with Crippen LogP contribution in [0, 0.1) is 18.3 Å². The van der Waals surface area contributed by atoms with E-state index in [0.29, 0.717) is 24.5 Å².